The van der Waals surface area contributed by atoms with Crippen LogP contribution < -0.4 is 18.9 Å². The Balaban J connectivity index is 6.55. The Hall–Kier alpha value is -2.40. The Kier molecular flexibility index (Phi) is 27.7. The Morgan fingerprint density at radius 3 is 0.660 bits per heavy atom. The molecule has 0 saturated carbocycles. The van der Waals surface area contributed by atoms with E-state index in [0.717, 1.165) is 0 Å². The third-order valence-corrected chi connectivity index (χ3v) is 21.2. The second kappa shape index (κ2) is 29.0. The number of nitrogens with zero attached hydrogens (tertiary/aromatic N) is 4. The van der Waals surface area contributed by atoms with Crippen molar-refractivity contribution in [2.45, 2.75) is 157 Å². The van der Waals surface area contributed by atoms with Crippen LogP contribution in [0.25, 0.3) is 0 Å². The van der Waals surface area contributed by atoms with Crippen LogP contribution >= 0.6 is 0 Å². The fourth-order valence-corrected chi connectivity index (χ4v) is 16.9. The molecule has 0 spiro atoms. The number of nitrogens with one attached hydrogen (secondary N) is 4. The Bertz CT molecular complexity index is 1380. The number of hydrogen-bond acceptors (Lipinski definition) is 12. The van der Waals surface area contributed by atoms with Gasteiger partial charge < -0.3 is 0 Å². The highest BCUT2D eigenvalue weighted by Crippen LogP contribution is 2.35. The zero-order chi connectivity index (χ0) is 40.0. The number of hydrogen-bond donors (Lipinski definition) is 4. The van der Waals surface area contributed by atoms with Gasteiger partial charge in [-0.05, 0) is 51.4 Å². The first-order chi connectivity index (χ1) is 25.2. The van der Waals surface area contributed by atoms with E-state index >= 15 is 0 Å². The molecule has 304 valence electrons. The summed E-state index contributed by atoms with van der Waals surface area (Å²) in [7, 11) is -23.1. The molecule has 0 rings (SSSR count). The highest BCUT2D eigenvalue weighted by atomic mass is 32.4. The van der Waals surface area contributed by atoms with Gasteiger partial charge in [-0.15, -0.1) is 0 Å². The highest BCUT2D eigenvalue weighted by molar-refractivity contribution is 8.38. The largest absolute Gasteiger partial charge is 0.423 e. The molecule has 0 saturated heterocycles. The van der Waals surface area contributed by atoms with Gasteiger partial charge in [0.05, 0.1) is 24.3 Å². The predicted octanol–water partition coefficient (Wildman–Crippen LogP) is 4.73. The van der Waals surface area contributed by atoms with E-state index in [1.165, 1.54) is 0 Å². The molecular weight excluding hydrogens is 765 g/mol. The van der Waals surface area contributed by atoms with Gasteiger partial charge in [-0.1, -0.05) is 77.0 Å². The van der Waals surface area contributed by atoms with Crippen LogP contribution in [0, 0.1) is 45.3 Å². The van der Waals surface area contributed by atoms with Crippen LogP contribution in [0.2, 0.25) is 0 Å². The third-order valence-electron chi connectivity index (χ3n) is 8.35. The van der Waals surface area contributed by atoms with Crippen molar-refractivity contribution in [2.75, 3.05) is 26.2 Å². The van der Waals surface area contributed by atoms with Gasteiger partial charge in [0, 0.05) is 51.9 Å². The lowest BCUT2D eigenvalue weighted by Crippen LogP contribution is -2.69. The SMILES string of the molecule is N#CCCCCCCCNS(=O)(=O)C(S(=O)(=O)NCCCCCCCC#N)(S(=O)(=O)NCCCCCCCC#N)S(=O)(=O)NCCCCCCCC#N. The van der Waals surface area contributed by atoms with Crippen molar-refractivity contribution in [1.29, 1.82) is 21.0 Å². The molecule has 0 bridgehead atoms. The van der Waals surface area contributed by atoms with E-state index in [-0.39, 0.29) is 25.7 Å². The molecule has 0 fully saturated rings. The molecule has 0 aromatic carbocycles. The molecule has 0 aliphatic rings. The average Bonchev–Trinajstić information content (AvgIpc) is 3.09. The first kappa shape index (κ1) is 50.6. The highest BCUT2D eigenvalue weighted by Gasteiger charge is 2.74. The lowest BCUT2D eigenvalue weighted by Gasteiger charge is -2.32. The number of nitriles is 4. The van der Waals surface area contributed by atoms with E-state index in [1.807, 2.05) is 43.2 Å². The molecule has 0 aliphatic heterocycles. The summed E-state index contributed by atoms with van der Waals surface area (Å²) in [6, 6.07) is 8.13. The molecule has 0 aliphatic carbocycles. The Morgan fingerprint density at radius 2 is 0.472 bits per heavy atom. The number of sulfonamides is 4. The number of unbranched alkanes of at least 4 members (excludes halogenated alkanes) is 20. The van der Waals surface area contributed by atoms with Crippen molar-refractivity contribution in [2.24, 2.45) is 0 Å². The Morgan fingerprint density at radius 1 is 0.302 bits per heavy atom. The van der Waals surface area contributed by atoms with Crippen LogP contribution in [-0.2, 0) is 40.1 Å². The van der Waals surface area contributed by atoms with Crippen LogP contribution in [0.3, 0.4) is 0 Å². The van der Waals surface area contributed by atoms with Crippen LogP contribution in [0.4, 0.5) is 0 Å². The molecule has 53 heavy (non-hydrogen) atoms. The second-order valence-corrected chi connectivity index (χ2v) is 22.0. The average molecular weight is 825 g/mol. The molecule has 0 radical (unpaired) electrons. The minimum Gasteiger partial charge on any atom is -0.212 e. The molecule has 0 amide bonds. The topological polar surface area (TPSA) is 280 Å². The molecule has 0 heterocycles. The van der Waals surface area contributed by atoms with Gasteiger partial charge in [0.15, 0.2) is 0 Å². The smallest absolute Gasteiger partial charge is 0.212 e. The summed E-state index contributed by atoms with van der Waals surface area (Å²) < 4.78 is 117. The molecule has 0 aromatic rings. The van der Waals surface area contributed by atoms with E-state index in [2.05, 4.69) is 0 Å². The summed E-state index contributed by atoms with van der Waals surface area (Å²) in [6.45, 7) is -1.73. The quantitative estimate of drug-likeness (QED) is 0.0624. The number of rotatable bonds is 36. The zero-order valence-electron chi connectivity index (χ0n) is 31.0. The van der Waals surface area contributed by atoms with Crippen LogP contribution in [0.1, 0.15) is 154 Å². The fraction of sp³-hybridized carbons (Fsp3) is 0.879. The molecule has 4 N–H and O–H groups in total. The van der Waals surface area contributed by atoms with Crippen molar-refractivity contribution in [3.05, 3.63) is 0 Å². The minimum absolute atomic E-state index is 0.152. The van der Waals surface area contributed by atoms with E-state index in [0.29, 0.717) is 128 Å². The van der Waals surface area contributed by atoms with Crippen LogP contribution in [0.15, 0.2) is 0 Å². The maximum atomic E-state index is 14.2. The van der Waals surface area contributed by atoms with Gasteiger partial charge in [0.25, 0.3) is 40.1 Å². The normalized spacial score (nSPS) is 12.5. The summed E-state index contributed by atoms with van der Waals surface area (Å²) >= 11 is 0. The minimum atomic E-state index is -5.77. The molecule has 20 heteroatoms. The maximum Gasteiger partial charge on any atom is 0.423 e. The zero-order valence-corrected chi connectivity index (χ0v) is 34.3. The summed E-state index contributed by atoms with van der Waals surface area (Å²) in [4.78, 5) is 0. The third kappa shape index (κ3) is 18.7. The van der Waals surface area contributed by atoms with Gasteiger partial charge in [0.1, 0.15) is 0 Å². The van der Waals surface area contributed by atoms with Crippen molar-refractivity contribution in [3.8, 4) is 24.3 Å². The molecule has 16 nitrogen and oxygen atoms in total. The maximum absolute atomic E-state index is 14.2. The lowest BCUT2D eigenvalue weighted by molar-refractivity contribution is 0.528. The second-order valence-electron chi connectivity index (χ2n) is 12.8. The molecule has 0 aromatic heterocycles. The summed E-state index contributed by atoms with van der Waals surface area (Å²) in [5.41, 5.74) is 0. The molecule has 0 atom stereocenters. The van der Waals surface area contributed by atoms with Gasteiger partial charge in [-0.2, -0.15) is 21.0 Å². The summed E-state index contributed by atoms with van der Waals surface area (Å²) in [5, 5.41) is 34.9. The summed E-state index contributed by atoms with van der Waals surface area (Å²) in [5.74, 6) is 0. The van der Waals surface area contributed by atoms with Gasteiger partial charge in [-0.3, -0.25) is 0 Å². The monoisotopic (exact) mass is 824 g/mol. The van der Waals surface area contributed by atoms with Crippen molar-refractivity contribution < 1.29 is 33.7 Å². The predicted molar refractivity (Wildman–Crippen MR) is 204 cm³/mol. The van der Waals surface area contributed by atoms with Crippen LogP contribution in [0.5, 0.6) is 0 Å². The molecular formula is C33H60N8O8S4. The first-order valence-electron chi connectivity index (χ1n) is 18.7. The van der Waals surface area contributed by atoms with Gasteiger partial charge in [0.2, 0.25) is 0 Å². The van der Waals surface area contributed by atoms with E-state index in [1.54, 1.807) is 0 Å². The van der Waals surface area contributed by atoms with E-state index < -0.39 is 69.0 Å². The van der Waals surface area contributed by atoms with Crippen molar-refractivity contribution >= 4 is 40.1 Å². The van der Waals surface area contributed by atoms with E-state index in [4.69, 9.17) is 21.0 Å². The van der Waals surface area contributed by atoms with Crippen LogP contribution in [-0.4, -0.2) is 62.6 Å². The van der Waals surface area contributed by atoms with Crippen molar-refractivity contribution in [1.82, 2.24) is 18.9 Å². The standard InChI is InChI=1S/C33H60N8O8S4/c34-25-17-9-1-5-13-21-29-38-50(42,43)33(51(44,45)39-30-22-14-6-2-10-18-26-35,52(46,47)40-31-23-15-7-3-11-19-27-36)53(48,49)41-32-24-16-8-4-12-20-28-37/h38-41H,1-24,29-32H2. The van der Waals surface area contributed by atoms with Crippen molar-refractivity contribution in [3.63, 3.8) is 0 Å². The fourth-order valence-electron chi connectivity index (χ4n) is 5.48. The summed E-state index contributed by atoms with van der Waals surface area (Å²) in [6.07, 6.45) is 11.7. The molecule has 0 unspecified atom stereocenters. The van der Waals surface area contributed by atoms with Gasteiger partial charge in [-0.25, -0.2) is 52.6 Å². The Labute approximate surface area is 319 Å². The first-order valence-corrected chi connectivity index (χ1v) is 24.6. The van der Waals surface area contributed by atoms with Gasteiger partial charge >= 0.3 is 2.74 Å². The lowest BCUT2D eigenvalue weighted by atomic mass is 10.1. The van der Waals surface area contributed by atoms with E-state index in [9.17, 15) is 33.7 Å².